The number of thiazole rings is 1. The van der Waals surface area contributed by atoms with E-state index in [9.17, 15) is 0 Å². The van der Waals surface area contributed by atoms with Gasteiger partial charge in [0.2, 0.25) is 0 Å². The second-order valence-corrected chi connectivity index (χ2v) is 5.65. The van der Waals surface area contributed by atoms with Crippen molar-refractivity contribution in [3.05, 3.63) is 45.4 Å². The van der Waals surface area contributed by atoms with Crippen LogP contribution in [0.3, 0.4) is 0 Å². The fourth-order valence-corrected chi connectivity index (χ4v) is 2.77. The number of benzene rings is 1. The standard InChI is InChI=1S/C14H16N2OS2/c1-9-4-3-5-11(14(15)18)13(9)17-7-6-12-10(2)16-8-19-12/h3-5,8H,6-7H2,1-2H3,(H2,15,18). The maximum Gasteiger partial charge on any atom is 0.132 e. The Kier molecular flexibility index (Phi) is 4.50. The Balaban J connectivity index is 2.07. The first-order valence-corrected chi connectivity index (χ1v) is 7.29. The summed E-state index contributed by atoms with van der Waals surface area (Å²) in [6, 6.07) is 5.82. The molecular weight excluding hydrogens is 276 g/mol. The maximum absolute atomic E-state index is 5.87. The summed E-state index contributed by atoms with van der Waals surface area (Å²) in [4.78, 5) is 5.85. The smallest absolute Gasteiger partial charge is 0.132 e. The van der Waals surface area contributed by atoms with Crippen LogP contribution in [0, 0.1) is 13.8 Å². The van der Waals surface area contributed by atoms with Gasteiger partial charge in [0.1, 0.15) is 10.7 Å². The minimum atomic E-state index is 0.368. The fraction of sp³-hybridized carbons (Fsp3) is 0.286. The molecule has 2 N–H and O–H groups in total. The Hall–Kier alpha value is -1.46. The molecule has 1 aromatic heterocycles. The van der Waals surface area contributed by atoms with Gasteiger partial charge in [-0.05, 0) is 25.5 Å². The van der Waals surface area contributed by atoms with Crippen molar-refractivity contribution in [1.29, 1.82) is 0 Å². The van der Waals surface area contributed by atoms with E-state index in [1.807, 2.05) is 37.6 Å². The monoisotopic (exact) mass is 292 g/mol. The molecule has 3 nitrogen and oxygen atoms in total. The van der Waals surface area contributed by atoms with Gasteiger partial charge in [0.15, 0.2) is 0 Å². The molecule has 0 radical (unpaired) electrons. The van der Waals surface area contributed by atoms with Crippen molar-refractivity contribution in [3.8, 4) is 5.75 Å². The van der Waals surface area contributed by atoms with Gasteiger partial charge in [-0.3, -0.25) is 0 Å². The molecule has 0 aliphatic carbocycles. The second-order valence-electron chi connectivity index (χ2n) is 4.28. The van der Waals surface area contributed by atoms with Crippen molar-refractivity contribution in [1.82, 2.24) is 4.98 Å². The van der Waals surface area contributed by atoms with Crippen LogP contribution in [0.5, 0.6) is 5.75 Å². The molecule has 0 amide bonds. The molecule has 0 aliphatic rings. The normalized spacial score (nSPS) is 10.4. The Morgan fingerprint density at radius 3 is 2.84 bits per heavy atom. The Labute approximate surface area is 122 Å². The quantitative estimate of drug-likeness (QED) is 0.861. The Morgan fingerprint density at radius 2 is 2.21 bits per heavy atom. The van der Waals surface area contributed by atoms with Gasteiger partial charge in [0.05, 0.1) is 23.4 Å². The van der Waals surface area contributed by atoms with Crippen LogP contribution in [0.25, 0.3) is 0 Å². The molecule has 0 saturated heterocycles. The molecule has 0 saturated carbocycles. The van der Waals surface area contributed by atoms with Crippen molar-refractivity contribution in [2.24, 2.45) is 5.73 Å². The highest BCUT2D eigenvalue weighted by atomic mass is 32.1. The average molecular weight is 292 g/mol. The van der Waals surface area contributed by atoms with Crippen molar-refractivity contribution < 1.29 is 4.74 Å². The first-order valence-electron chi connectivity index (χ1n) is 6.00. The highest BCUT2D eigenvalue weighted by molar-refractivity contribution is 7.80. The highest BCUT2D eigenvalue weighted by Crippen LogP contribution is 2.24. The lowest BCUT2D eigenvalue weighted by molar-refractivity contribution is 0.320. The van der Waals surface area contributed by atoms with E-state index in [0.717, 1.165) is 29.0 Å². The number of ether oxygens (including phenoxy) is 1. The number of rotatable bonds is 5. The van der Waals surface area contributed by atoms with Crippen LogP contribution >= 0.6 is 23.6 Å². The third kappa shape index (κ3) is 3.30. The van der Waals surface area contributed by atoms with Crippen molar-refractivity contribution in [3.63, 3.8) is 0 Å². The zero-order chi connectivity index (χ0) is 13.8. The van der Waals surface area contributed by atoms with Crippen molar-refractivity contribution in [2.75, 3.05) is 6.61 Å². The summed E-state index contributed by atoms with van der Waals surface area (Å²) in [5.74, 6) is 0.789. The molecule has 0 aliphatic heterocycles. The van der Waals surface area contributed by atoms with Crippen molar-refractivity contribution >= 4 is 28.5 Å². The molecule has 0 bridgehead atoms. The van der Waals surface area contributed by atoms with Gasteiger partial charge in [0.25, 0.3) is 0 Å². The summed E-state index contributed by atoms with van der Waals surface area (Å²) in [6.45, 7) is 4.61. The Bertz CT molecular complexity index is 593. The molecule has 19 heavy (non-hydrogen) atoms. The molecular formula is C14H16N2OS2. The predicted molar refractivity (Wildman–Crippen MR) is 83.1 cm³/mol. The number of hydrogen-bond acceptors (Lipinski definition) is 4. The number of para-hydroxylation sites is 1. The van der Waals surface area contributed by atoms with Gasteiger partial charge in [-0.25, -0.2) is 4.98 Å². The van der Waals surface area contributed by atoms with E-state index in [-0.39, 0.29) is 0 Å². The van der Waals surface area contributed by atoms with Crippen LogP contribution in [0.4, 0.5) is 0 Å². The van der Waals surface area contributed by atoms with E-state index in [2.05, 4.69) is 4.98 Å². The molecule has 0 atom stereocenters. The lowest BCUT2D eigenvalue weighted by Gasteiger charge is -2.13. The molecule has 0 fully saturated rings. The fourth-order valence-electron chi connectivity index (χ4n) is 1.85. The van der Waals surface area contributed by atoms with Gasteiger partial charge in [-0.1, -0.05) is 24.4 Å². The lowest BCUT2D eigenvalue weighted by atomic mass is 10.1. The molecule has 0 unspecified atom stereocenters. The molecule has 100 valence electrons. The minimum absolute atomic E-state index is 0.368. The zero-order valence-corrected chi connectivity index (χ0v) is 12.6. The second kappa shape index (κ2) is 6.12. The molecule has 2 aromatic rings. The Morgan fingerprint density at radius 1 is 1.42 bits per heavy atom. The van der Waals surface area contributed by atoms with Crippen molar-refractivity contribution in [2.45, 2.75) is 20.3 Å². The predicted octanol–water partition coefficient (Wildman–Crippen LogP) is 3.02. The van der Waals surface area contributed by atoms with Gasteiger partial charge in [-0.2, -0.15) is 0 Å². The van der Waals surface area contributed by atoms with E-state index in [4.69, 9.17) is 22.7 Å². The topological polar surface area (TPSA) is 48.1 Å². The minimum Gasteiger partial charge on any atom is -0.492 e. The summed E-state index contributed by atoms with van der Waals surface area (Å²) in [5.41, 5.74) is 10.5. The summed E-state index contributed by atoms with van der Waals surface area (Å²) in [5, 5.41) is 0. The third-order valence-electron chi connectivity index (χ3n) is 2.90. The van der Waals surface area contributed by atoms with Gasteiger partial charge < -0.3 is 10.5 Å². The number of nitrogens with two attached hydrogens (primary N) is 1. The van der Waals surface area contributed by atoms with E-state index in [1.165, 1.54) is 4.88 Å². The number of thiocarbonyl (C=S) groups is 1. The first-order chi connectivity index (χ1) is 9.09. The van der Waals surface area contributed by atoms with Gasteiger partial charge >= 0.3 is 0 Å². The van der Waals surface area contributed by atoms with E-state index in [0.29, 0.717) is 11.6 Å². The molecule has 5 heteroatoms. The van der Waals surface area contributed by atoms with Crippen LogP contribution < -0.4 is 10.5 Å². The SMILES string of the molecule is Cc1cccc(C(N)=S)c1OCCc1scnc1C. The highest BCUT2D eigenvalue weighted by Gasteiger charge is 2.10. The molecule has 2 rings (SSSR count). The third-order valence-corrected chi connectivity index (χ3v) is 4.11. The van der Waals surface area contributed by atoms with Crippen LogP contribution in [0.2, 0.25) is 0 Å². The van der Waals surface area contributed by atoms with E-state index >= 15 is 0 Å². The van der Waals surface area contributed by atoms with Crippen LogP contribution in [0.15, 0.2) is 23.7 Å². The maximum atomic E-state index is 5.87. The zero-order valence-electron chi connectivity index (χ0n) is 11.0. The summed E-state index contributed by atoms with van der Waals surface area (Å²) in [6.07, 6.45) is 0.849. The van der Waals surface area contributed by atoms with Gasteiger partial charge in [0, 0.05) is 11.3 Å². The first kappa shape index (κ1) is 14.0. The number of nitrogens with zero attached hydrogens (tertiary/aromatic N) is 1. The molecule has 1 heterocycles. The number of aromatic nitrogens is 1. The van der Waals surface area contributed by atoms with Crippen LogP contribution in [-0.4, -0.2) is 16.6 Å². The number of hydrogen-bond donors (Lipinski definition) is 1. The number of aryl methyl sites for hydroxylation is 2. The molecule has 1 aromatic carbocycles. The van der Waals surface area contributed by atoms with Crippen LogP contribution in [0.1, 0.15) is 21.7 Å². The summed E-state index contributed by atoms with van der Waals surface area (Å²) >= 11 is 6.71. The van der Waals surface area contributed by atoms with E-state index in [1.54, 1.807) is 11.3 Å². The lowest BCUT2D eigenvalue weighted by Crippen LogP contribution is -2.13. The van der Waals surface area contributed by atoms with Crippen LogP contribution in [-0.2, 0) is 6.42 Å². The summed E-state index contributed by atoms with van der Waals surface area (Å²) < 4.78 is 5.87. The average Bonchev–Trinajstić information content (AvgIpc) is 2.77. The van der Waals surface area contributed by atoms with E-state index < -0.39 is 0 Å². The molecule has 0 spiro atoms. The summed E-state index contributed by atoms with van der Waals surface area (Å²) in [7, 11) is 0. The largest absolute Gasteiger partial charge is 0.492 e. The van der Waals surface area contributed by atoms with Gasteiger partial charge in [-0.15, -0.1) is 11.3 Å².